The molecule has 1 aliphatic rings. The first-order valence-corrected chi connectivity index (χ1v) is 6.44. The van der Waals surface area contributed by atoms with Gasteiger partial charge in [0.15, 0.2) is 11.6 Å². The van der Waals surface area contributed by atoms with Gasteiger partial charge in [-0.3, -0.25) is 0 Å². The highest BCUT2D eigenvalue weighted by molar-refractivity contribution is 7.08. The maximum Gasteiger partial charge on any atom is 0.162 e. The molecule has 1 aliphatic heterocycles. The van der Waals surface area contributed by atoms with Crippen molar-refractivity contribution in [2.24, 2.45) is 0 Å². The van der Waals surface area contributed by atoms with E-state index in [2.05, 4.69) is 0 Å². The van der Waals surface area contributed by atoms with E-state index in [0.717, 1.165) is 11.6 Å². The number of thiophene rings is 1. The van der Waals surface area contributed by atoms with E-state index in [-0.39, 0.29) is 6.10 Å². The van der Waals surface area contributed by atoms with Crippen molar-refractivity contribution in [3.05, 3.63) is 40.6 Å². The van der Waals surface area contributed by atoms with Gasteiger partial charge in [0.05, 0.1) is 6.61 Å². The molecule has 2 aromatic rings. The van der Waals surface area contributed by atoms with Crippen LogP contribution in [0.4, 0.5) is 8.78 Å². The second kappa shape index (κ2) is 4.66. The van der Waals surface area contributed by atoms with E-state index in [0.29, 0.717) is 24.5 Å². The predicted molar refractivity (Wildman–Crippen MR) is 64.9 cm³/mol. The zero-order chi connectivity index (χ0) is 12.5. The molecular weight excluding hydrogens is 258 g/mol. The van der Waals surface area contributed by atoms with Gasteiger partial charge in [0.1, 0.15) is 18.5 Å². The summed E-state index contributed by atoms with van der Waals surface area (Å²) in [5.74, 6) is -1.42. The number of hydrogen-bond acceptors (Lipinski definition) is 3. The average Bonchev–Trinajstić information content (AvgIpc) is 3.03. The van der Waals surface area contributed by atoms with Gasteiger partial charge < -0.3 is 9.47 Å². The van der Waals surface area contributed by atoms with Crippen LogP contribution >= 0.6 is 11.3 Å². The third-order valence-corrected chi connectivity index (χ3v) is 3.37. The summed E-state index contributed by atoms with van der Waals surface area (Å²) >= 11 is 1.49. The average molecular weight is 268 g/mol. The fourth-order valence-corrected chi connectivity index (χ4v) is 2.29. The minimum atomic E-state index is -0.902. The van der Waals surface area contributed by atoms with E-state index in [1.165, 1.54) is 17.4 Å². The van der Waals surface area contributed by atoms with E-state index >= 15 is 0 Å². The molecule has 0 spiro atoms. The van der Waals surface area contributed by atoms with Crippen molar-refractivity contribution in [2.45, 2.75) is 6.10 Å². The summed E-state index contributed by atoms with van der Waals surface area (Å²) in [4.78, 5) is 0. The van der Waals surface area contributed by atoms with Crippen LogP contribution in [0.1, 0.15) is 0 Å². The highest BCUT2D eigenvalue weighted by Crippen LogP contribution is 2.33. The largest absolute Gasteiger partial charge is 0.490 e. The van der Waals surface area contributed by atoms with Gasteiger partial charge in [0, 0.05) is 11.6 Å². The highest BCUT2D eigenvalue weighted by atomic mass is 32.1. The van der Waals surface area contributed by atoms with Crippen molar-refractivity contribution >= 4 is 11.3 Å². The zero-order valence-electron chi connectivity index (χ0n) is 9.36. The van der Waals surface area contributed by atoms with Crippen LogP contribution in [0.5, 0.6) is 5.75 Å². The lowest BCUT2D eigenvalue weighted by atomic mass is 10.1. The van der Waals surface area contributed by atoms with Crippen LogP contribution in [0, 0.1) is 11.6 Å². The topological polar surface area (TPSA) is 21.8 Å². The Bertz CT molecular complexity index is 550. The smallest absolute Gasteiger partial charge is 0.162 e. The summed E-state index contributed by atoms with van der Waals surface area (Å²) in [6.07, 6.45) is 0.0773. The van der Waals surface area contributed by atoms with Gasteiger partial charge in [0.2, 0.25) is 0 Å². The van der Waals surface area contributed by atoms with Gasteiger partial charge in [-0.25, -0.2) is 8.78 Å². The SMILES string of the molecule is Fc1cc(OC[C@@H]2CO2)c(-c2ccsc2)cc1F. The molecule has 2 nitrogen and oxygen atoms in total. The molecule has 0 N–H and O–H groups in total. The molecule has 0 bridgehead atoms. The third kappa shape index (κ3) is 2.37. The third-order valence-electron chi connectivity index (χ3n) is 2.68. The van der Waals surface area contributed by atoms with Crippen molar-refractivity contribution in [1.29, 1.82) is 0 Å². The summed E-state index contributed by atoms with van der Waals surface area (Å²) in [6, 6.07) is 4.10. The van der Waals surface area contributed by atoms with Crippen LogP contribution in [-0.2, 0) is 4.74 Å². The van der Waals surface area contributed by atoms with Crippen LogP contribution in [0.15, 0.2) is 29.0 Å². The van der Waals surface area contributed by atoms with Crippen LogP contribution < -0.4 is 4.74 Å². The fourth-order valence-electron chi connectivity index (χ4n) is 1.64. The molecule has 1 atom stereocenters. The van der Waals surface area contributed by atoms with Gasteiger partial charge in [-0.05, 0) is 28.5 Å². The molecule has 2 heterocycles. The van der Waals surface area contributed by atoms with Crippen LogP contribution in [0.3, 0.4) is 0 Å². The molecule has 5 heteroatoms. The van der Waals surface area contributed by atoms with Crippen molar-refractivity contribution in [2.75, 3.05) is 13.2 Å². The molecule has 1 fully saturated rings. The zero-order valence-corrected chi connectivity index (χ0v) is 10.2. The van der Waals surface area contributed by atoms with E-state index in [9.17, 15) is 8.78 Å². The Morgan fingerprint density at radius 2 is 2.11 bits per heavy atom. The second-order valence-electron chi connectivity index (χ2n) is 4.04. The lowest BCUT2D eigenvalue weighted by Crippen LogP contribution is -2.05. The van der Waals surface area contributed by atoms with E-state index < -0.39 is 11.6 Å². The molecular formula is C13H10F2O2S. The molecule has 1 aromatic heterocycles. The summed E-state index contributed by atoms with van der Waals surface area (Å²) in [5, 5.41) is 3.75. The molecule has 0 aliphatic carbocycles. The van der Waals surface area contributed by atoms with Gasteiger partial charge >= 0.3 is 0 Å². The molecule has 1 saturated heterocycles. The monoisotopic (exact) mass is 268 g/mol. The van der Waals surface area contributed by atoms with Crippen LogP contribution in [-0.4, -0.2) is 19.3 Å². The number of epoxide rings is 1. The molecule has 0 radical (unpaired) electrons. The number of rotatable bonds is 4. The van der Waals surface area contributed by atoms with E-state index in [4.69, 9.17) is 9.47 Å². The maximum atomic E-state index is 13.3. The van der Waals surface area contributed by atoms with E-state index in [1.807, 2.05) is 16.8 Å². The second-order valence-corrected chi connectivity index (χ2v) is 4.82. The number of ether oxygens (including phenoxy) is 2. The normalized spacial score (nSPS) is 17.8. The van der Waals surface area contributed by atoms with Gasteiger partial charge in [0.25, 0.3) is 0 Å². The molecule has 1 aromatic carbocycles. The van der Waals surface area contributed by atoms with Crippen molar-refractivity contribution < 1.29 is 18.3 Å². The molecule has 0 saturated carbocycles. The number of hydrogen-bond donors (Lipinski definition) is 0. The highest BCUT2D eigenvalue weighted by Gasteiger charge is 2.24. The lowest BCUT2D eigenvalue weighted by molar-refractivity contribution is 0.262. The molecule has 18 heavy (non-hydrogen) atoms. The first-order valence-electron chi connectivity index (χ1n) is 5.50. The molecule has 3 rings (SSSR count). The maximum absolute atomic E-state index is 13.3. The van der Waals surface area contributed by atoms with Gasteiger partial charge in [-0.1, -0.05) is 0 Å². The Morgan fingerprint density at radius 1 is 1.33 bits per heavy atom. The van der Waals surface area contributed by atoms with Crippen LogP contribution in [0.2, 0.25) is 0 Å². The fraction of sp³-hybridized carbons (Fsp3) is 0.231. The van der Waals surface area contributed by atoms with Crippen LogP contribution in [0.25, 0.3) is 11.1 Å². The Balaban J connectivity index is 1.95. The van der Waals surface area contributed by atoms with Crippen molar-refractivity contribution in [1.82, 2.24) is 0 Å². The first-order chi connectivity index (χ1) is 8.74. The number of halogens is 2. The summed E-state index contributed by atoms with van der Waals surface area (Å²) in [6.45, 7) is 1.03. The van der Waals surface area contributed by atoms with Crippen molar-refractivity contribution in [3.63, 3.8) is 0 Å². The predicted octanol–water partition coefficient (Wildman–Crippen LogP) is 3.47. The van der Waals surface area contributed by atoms with Gasteiger partial charge in [-0.15, -0.1) is 0 Å². The van der Waals surface area contributed by atoms with Crippen molar-refractivity contribution in [3.8, 4) is 16.9 Å². The summed E-state index contributed by atoms with van der Waals surface area (Å²) < 4.78 is 37.1. The Hall–Kier alpha value is -1.46. The molecule has 94 valence electrons. The lowest BCUT2D eigenvalue weighted by Gasteiger charge is -2.10. The minimum Gasteiger partial charge on any atom is -0.490 e. The first kappa shape index (κ1) is 11.6. The standard InChI is InChI=1S/C13H10F2O2S/c14-11-3-10(8-1-2-18-7-8)13(4-12(11)15)17-6-9-5-16-9/h1-4,7,9H,5-6H2/t9-/m0/s1. The number of benzene rings is 1. The Kier molecular flexibility index (Phi) is 3.01. The Morgan fingerprint density at radius 3 is 2.78 bits per heavy atom. The summed E-state index contributed by atoms with van der Waals surface area (Å²) in [5.41, 5.74) is 1.39. The quantitative estimate of drug-likeness (QED) is 0.792. The molecule has 0 unspecified atom stereocenters. The Labute approximate surface area is 107 Å². The molecule has 0 amide bonds. The summed E-state index contributed by atoms with van der Waals surface area (Å²) in [7, 11) is 0. The minimum absolute atomic E-state index is 0.0773. The van der Waals surface area contributed by atoms with Gasteiger partial charge in [-0.2, -0.15) is 11.3 Å². The van der Waals surface area contributed by atoms with E-state index in [1.54, 1.807) is 0 Å².